The van der Waals surface area contributed by atoms with Gasteiger partial charge < -0.3 is 10.7 Å². The molecule has 0 saturated heterocycles. The molecule has 2 aromatic rings. The number of rotatable bonds is 5. The highest BCUT2D eigenvalue weighted by Gasteiger charge is 2.19. The number of amidine groups is 1. The Kier molecular flexibility index (Phi) is 3.75. The van der Waals surface area contributed by atoms with Crippen LogP contribution in [0.1, 0.15) is 18.3 Å². The second kappa shape index (κ2) is 5.33. The highest BCUT2D eigenvalue weighted by Crippen LogP contribution is 2.18. The molecule has 8 heteroatoms. The largest absolute Gasteiger partial charge is 0.384 e. The number of hydrogen-bond acceptors (Lipinski definition) is 4. The minimum absolute atomic E-state index is 0.0206. The monoisotopic (exact) mass is 293 g/mol. The summed E-state index contributed by atoms with van der Waals surface area (Å²) in [4.78, 5) is 6.68. The molecular weight excluding hydrogens is 278 g/mol. The number of H-pyrrole nitrogens is 1. The van der Waals surface area contributed by atoms with Crippen LogP contribution in [0.5, 0.6) is 0 Å². The zero-order valence-electron chi connectivity index (χ0n) is 10.8. The number of hydrogen-bond donors (Lipinski definition) is 4. The van der Waals surface area contributed by atoms with Crippen LogP contribution >= 0.6 is 0 Å². The summed E-state index contributed by atoms with van der Waals surface area (Å²) in [5.74, 6) is 0.382. The van der Waals surface area contributed by atoms with Gasteiger partial charge in [-0.05, 0) is 12.1 Å². The molecule has 2 rings (SSSR count). The van der Waals surface area contributed by atoms with E-state index in [4.69, 9.17) is 11.1 Å². The molecule has 0 aliphatic rings. The quantitative estimate of drug-likeness (QED) is 0.486. The van der Waals surface area contributed by atoms with Crippen LogP contribution in [-0.2, 0) is 16.4 Å². The molecule has 0 radical (unpaired) electrons. The number of para-hydroxylation sites is 1. The Labute approximate surface area is 116 Å². The minimum Gasteiger partial charge on any atom is -0.384 e. The van der Waals surface area contributed by atoms with Crippen LogP contribution in [0.2, 0.25) is 0 Å². The molecule has 1 aromatic carbocycles. The van der Waals surface area contributed by atoms with E-state index >= 15 is 0 Å². The van der Waals surface area contributed by atoms with Gasteiger partial charge in [0, 0.05) is 12.0 Å². The standard InChI is InChI=1S/C12H15N5O2S/c1-2-10-15-7-11(16-10)20(18,19)17-9-6-4-3-5-8(9)12(13)14/h3-7,17H,2H2,1H3,(H3,13,14)(H,15,16). The molecule has 1 aromatic heterocycles. The van der Waals surface area contributed by atoms with E-state index in [2.05, 4.69) is 14.7 Å². The SMILES string of the molecule is CCc1ncc(S(=O)(=O)Nc2ccccc2C(=N)N)[nH]1. The first-order valence-corrected chi connectivity index (χ1v) is 7.42. The van der Waals surface area contributed by atoms with E-state index in [9.17, 15) is 8.42 Å². The fourth-order valence-corrected chi connectivity index (χ4v) is 2.69. The zero-order valence-corrected chi connectivity index (χ0v) is 11.7. The Hall–Kier alpha value is -2.35. The number of sulfonamides is 1. The van der Waals surface area contributed by atoms with Gasteiger partial charge in [0.1, 0.15) is 11.7 Å². The van der Waals surface area contributed by atoms with E-state index in [0.29, 0.717) is 17.8 Å². The summed E-state index contributed by atoms with van der Waals surface area (Å²) in [6.45, 7) is 1.87. The predicted molar refractivity (Wildman–Crippen MR) is 76.2 cm³/mol. The third-order valence-corrected chi connectivity index (χ3v) is 3.97. The lowest BCUT2D eigenvalue weighted by Gasteiger charge is -2.10. The molecule has 0 spiro atoms. The van der Waals surface area contributed by atoms with Crippen LogP contribution in [0.3, 0.4) is 0 Å². The van der Waals surface area contributed by atoms with E-state index in [1.165, 1.54) is 6.20 Å². The topological polar surface area (TPSA) is 125 Å². The van der Waals surface area contributed by atoms with Crippen molar-refractivity contribution in [3.8, 4) is 0 Å². The molecule has 1 heterocycles. The Morgan fingerprint density at radius 3 is 2.75 bits per heavy atom. The number of nitrogens with two attached hydrogens (primary N) is 1. The molecule has 0 saturated carbocycles. The molecule has 0 bridgehead atoms. The summed E-state index contributed by atoms with van der Waals surface area (Å²) in [6.07, 6.45) is 1.87. The summed E-state index contributed by atoms with van der Waals surface area (Å²) in [5, 5.41) is 7.42. The van der Waals surface area contributed by atoms with Gasteiger partial charge in [-0.15, -0.1) is 0 Å². The van der Waals surface area contributed by atoms with Gasteiger partial charge >= 0.3 is 0 Å². The lowest BCUT2D eigenvalue weighted by Crippen LogP contribution is -2.18. The van der Waals surface area contributed by atoms with Crippen molar-refractivity contribution in [2.75, 3.05) is 4.72 Å². The average molecular weight is 293 g/mol. The molecule has 5 N–H and O–H groups in total. The third-order valence-electron chi connectivity index (χ3n) is 2.69. The maximum Gasteiger partial charge on any atom is 0.279 e. The van der Waals surface area contributed by atoms with Crippen molar-refractivity contribution in [3.63, 3.8) is 0 Å². The maximum absolute atomic E-state index is 12.2. The summed E-state index contributed by atoms with van der Waals surface area (Å²) >= 11 is 0. The lowest BCUT2D eigenvalue weighted by molar-refractivity contribution is 0.598. The fraction of sp³-hybridized carbons (Fsp3) is 0.167. The Bertz CT molecular complexity index is 736. The van der Waals surface area contributed by atoms with Crippen molar-refractivity contribution in [1.29, 1.82) is 5.41 Å². The molecule has 0 aliphatic heterocycles. The highest BCUT2D eigenvalue weighted by molar-refractivity contribution is 7.92. The van der Waals surface area contributed by atoms with Crippen LogP contribution in [0, 0.1) is 5.41 Å². The van der Waals surface area contributed by atoms with Gasteiger partial charge in [0.15, 0.2) is 5.03 Å². The van der Waals surface area contributed by atoms with E-state index < -0.39 is 10.0 Å². The minimum atomic E-state index is -3.78. The predicted octanol–water partition coefficient (Wildman–Crippen LogP) is 1.06. The van der Waals surface area contributed by atoms with Crippen LogP contribution in [-0.4, -0.2) is 24.2 Å². The summed E-state index contributed by atoms with van der Waals surface area (Å²) in [5.41, 5.74) is 6.01. The van der Waals surface area contributed by atoms with E-state index in [0.717, 1.165) is 0 Å². The van der Waals surface area contributed by atoms with Gasteiger partial charge in [-0.1, -0.05) is 19.1 Å². The Morgan fingerprint density at radius 2 is 2.15 bits per heavy atom. The number of nitrogens with zero attached hydrogens (tertiary/aromatic N) is 1. The van der Waals surface area contributed by atoms with Crippen molar-refractivity contribution in [2.24, 2.45) is 5.73 Å². The van der Waals surface area contributed by atoms with Crippen LogP contribution in [0.15, 0.2) is 35.5 Å². The second-order valence-electron chi connectivity index (χ2n) is 4.11. The van der Waals surface area contributed by atoms with Crippen molar-refractivity contribution in [3.05, 3.63) is 41.9 Å². The first-order valence-electron chi connectivity index (χ1n) is 5.94. The normalized spacial score (nSPS) is 11.2. The number of aromatic nitrogens is 2. The van der Waals surface area contributed by atoms with Gasteiger partial charge in [0.2, 0.25) is 0 Å². The van der Waals surface area contributed by atoms with Crippen LogP contribution < -0.4 is 10.5 Å². The fourth-order valence-electron chi connectivity index (χ4n) is 1.67. The van der Waals surface area contributed by atoms with E-state index in [1.54, 1.807) is 24.3 Å². The van der Waals surface area contributed by atoms with Crippen molar-refractivity contribution < 1.29 is 8.42 Å². The van der Waals surface area contributed by atoms with E-state index in [-0.39, 0.29) is 16.5 Å². The van der Waals surface area contributed by atoms with Crippen molar-refractivity contribution >= 4 is 21.5 Å². The smallest absolute Gasteiger partial charge is 0.279 e. The number of nitrogens with one attached hydrogen (secondary N) is 3. The Morgan fingerprint density at radius 1 is 1.45 bits per heavy atom. The number of anilines is 1. The first kappa shape index (κ1) is 14.1. The summed E-state index contributed by atoms with van der Waals surface area (Å²) in [6, 6.07) is 6.46. The van der Waals surface area contributed by atoms with Crippen molar-refractivity contribution in [2.45, 2.75) is 18.4 Å². The van der Waals surface area contributed by atoms with Gasteiger partial charge in [-0.2, -0.15) is 8.42 Å². The number of aryl methyl sites for hydroxylation is 1. The molecule has 0 amide bonds. The second-order valence-corrected chi connectivity index (χ2v) is 5.76. The van der Waals surface area contributed by atoms with E-state index in [1.807, 2.05) is 6.92 Å². The molecule has 20 heavy (non-hydrogen) atoms. The third kappa shape index (κ3) is 2.80. The molecule has 106 valence electrons. The number of benzene rings is 1. The Balaban J connectivity index is 2.36. The first-order chi connectivity index (χ1) is 9.44. The molecular formula is C12H15N5O2S. The lowest BCUT2D eigenvalue weighted by atomic mass is 10.2. The summed E-state index contributed by atoms with van der Waals surface area (Å²) < 4.78 is 26.8. The molecule has 7 nitrogen and oxygen atoms in total. The summed E-state index contributed by atoms with van der Waals surface area (Å²) in [7, 11) is -3.78. The number of imidazole rings is 1. The molecule has 0 aliphatic carbocycles. The van der Waals surface area contributed by atoms with Crippen LogP contribution in [0.4, 0.5) is 5.69 Å². The van der Waals surface area contributed by atoms with Crippen molar-refractivity contribution in [1.82, 2.24) is 9.97 Å². The van der Waals surface area contributed by atoms with Gasteiger partial charge in [0.05, 0.1) is 11.9 Å². The molecule has 0 unspecified atom stereocenters. The maximum atomic E-state index is 12.2. The van der Waals surface area contributed by atoms with Crippen LogP contribution in [0.25, 0.3) is 0 Å². The number of nitrogen functional groups attached to an aromatic ring is 1. The molecule has 0 atom stereocenters. The number of aromatic amines is 1. The van der Waals surface area contributed by atoms with Gasteiger partial charge in [0.25, 0.3) is 10.0 Å². The molecule has 0 fully saturated rings. The van der Waals surface area contributed by atoms with Gasteiger partial charge in [-0.25, -0.2) is 4.98 Å². The zero-order chi connectivity index (χ0) is 14.8. The average Bonchev–Trinajstić information content (AvgIpc) is 2.88. The highest BCUT2D eigenvalue weighted by atomic mass is 32.2. The van der Waals surface area contributed by atoms with Gasteiger partial charge in [-0.3, -0.25) is 10.1 Å².